The van der Waals surface area contributed by atoms with Crippen molar-refractivity contribution in [3.05, 3.63) is 42.1 Å². The molecule has 0 radical (unpaired) electrons. The van der Waals surface area contributed by atoms with Gasteiger partial charge in [-0.15, -0.1) is 6.42 Å². The number of ether oxygens (including phenoxy) is 1. The number of fused-ring (bicyclic) bond motifs is 1. The number of nitrogens with zero attached hydrogens (tertiary/aromatic N) is 2. The van der Waals surface area contributed by atoms with Crippen LogP contribution in [-0.4, -0.2) is 35.2 Å². The zero-order valence-corrected chi connectivity index (χ0v) is 12.3. The number of aromatic nitrogens is 3. The summed E-state index contributed by atoms with van der Waals surface area (Å²) in [4.78, 5) is 12.3. The predicted octanol–water partition coefficient (Wildman–Crippen LogP) is 2.66. The first kappa shape index (κ1) is 14.1. The molecule has 0 aliphatic carbocycles. The highest BCUT2D eigenvalue weighted by Gasteiger charge is 2.10. The third kappa shape index (κ3) is 2.78. The average Bonchev–Trinajstić information content (AvgIpc) is 3.09. The van der Waals surface area contributed by atoms with E-state index < -0.39 is 0 Å². The van der Waals surface area contributed by atoms with Crippen LogP contribution in [0.4, 0.5) is 5.82 Å². The van der Waals surface area contributed by atoms with Crippen LogP contribution in [0.1, 0.15) is 5.56 Å². The van der Waals surface area contributed by atoms with E-state index in [1.807, 2.05) is 36.5 Å². The highest BCUT2D eigenvalue weighted by molar-refractivity contribution is 5.91. The molecule has 0 atom stereocenters. The van der Waals surface area contributed by atoms with Crippen LogP contribution in [-0.2, 0) is 4.74 Å². The number of nitrogens with one attached hydrogen (secondary N) is 2. The van der Waals surface area contributed by atoms with Crippen LogP contribution in [0.15, 0.2) is 36.5 Å². The number of anilines is 1. The largest absolute Gasteiger partial charge is 0.383 e. The quantitative estimate of drug-likeness (QED) is 0.560. The third-order valence-corrected chi connectivity index (χ3v) is 3.30. The first-order chi connectivity index (χ1) is 10.8. The van der Waals surface area contributed by atoms with Gasteiger partial charge in [-0.05, 0) is 30.3 Å². The van der Waals surface area contributed by atoms with E-state index >= 15 is 0 Å². The zero-order chi connectivity index (χ0) is 15.4. The van der Waals surface area contributed by atoms with Crippen LogP contribution < -0.4 is 5.32 Å². The van der Waals surface area contributed by atoms with Gasteiger partial charge in [0.1, 0.15) is 5.82 Å². The van der Waals surface area contributed by atoms with Gasteiger partial charge in [0.15, 0.2) is 5.82 Å². The van der Waals surface area contributed by atoms with E-state index in [0.29, 0.717) is 19.0 Å². The number of H-pyrrole nitrogens is 1. The van der Waals surface area contributed by atoms with Gasteiger partial charge < -0.3 is 15.0 Å². The van der Waals surface area contributed by atoms with Crippen LogP contribution in [0.3, 0.4) is 0 Å². The zero-order valence-electron chi connectivity index (χ0n) is 12.3. The van der Waals surface area contributed by atoms with Crippen LogP contribution >= 0.6 is 0 Å². The number of terminal acetylenes is 1. The molecule has 22 heavy (non-hydrogen) atoms. The molecule has 5 nitrogen and oxygen atoms in total. The Morgan fingerprint density at radius 2 is 2.23 bits per heavy atom. The second-order valence-corrected chi connectivity index (χ2v) is 4.78. The first-order valence-electron chi connectivity index (χ1n) is 6.97. The van der Waals surface area contributed by atoms with Crippen LogP contribution in [0, 0.1) is 12.3 Å². The minimum atomic E-state index is 0.595. The third-order valence-electron chi connectivity index (χ3n) is 3.30. The molecular weight excluding hydrogens is 276 g/mol. The van der Waals surface area contributed by atoms with Crippen molar-refractivity contribution in [2.75, 3.05) is 25.6 Å². The van der Waals surface area contributed by atoms with E-state index in [1.54, 1.807) is 7.11 Å². The van der Waals surface area contributed by atoms with Crippen LogP contribution in [0.25, 0.3) is 22.4 Å². The lowest BCUT2D eigenvalue weighted by Crippen LogP contribution is -2.10. The van der Waals surface area contributed by atoms with E-state index in [4.69, 9.17) is 11.2 Å². The molecule has 1 aromatic carbocycles. The molecular formula is C17H16N4O. The van der Waals surface area contributed by atoms with Crippen LogP contribution in [0.5, 0.6) is 0 Å². The number of rotatable bonds is 5. The Hall–Kier alpha value is -2.84. The normalized spacial score (nSPS) is 10.5. The maximum Gasteiger partial charge on any atom is 0.178 e. The highest BCUT2D eigenvalue weighted by atomic mass is 16.5. The molecule has 2 aromatic heterocycles. The minimum absolute atomic E-state index is 0.595. The molecule has 0 amide bonds. The van der Waals surface area contributed by atoms with Gasteiger partial charge in [-0.2, -0.15) is 0 Å². The predicted molar refractivity (Wildman–Crippen MR) is 87.6 cm³/mol. The second kappa shape index (κ2) is 6.29. The van der Waals surface area contributed by atoms with E-state index in [0.717, 1.165) is 28.0 Å². The van der Waals surface area contributed by atoms with Crippen LogP contribution in [0.2, 0.25) is 0 Å². The van der Waals surface area contributed by atoms with Crippen molar-refractivity contribution >= 4 is 16.7 Å². The summed E-state index contributed by atoms with van der Waals surface area (Å²) in [5.41, 5.74) is 2.52. The first-order valence-corrected chi connectivity index (χ1v) is 6.97. The van der Waals surface area contributed by atoms with E-state index in [9.17, 15) is 0 Å². The molecule has 0 aliphatic rings. The number of aromatic amines is 1. The molecule has 110 valence electrons. The van der Waals surface area contributed by atoms with E-state index in [-0.39, 0.29) is 0 Å². The van der Waals surface area contributed by atoms with Gasteiger partial charge in [0.05, 0.1) is 17.8 Å². The van der Waals surface area contributed by atoms with Crippen molar-refractivity contribution in [2.24, 2.45) is 0 Å². The lowest BCUT2D eigenvalue weighted by atomic mass is 10.1. The molecule has 0 aliphatic heterocycles. The fourth-order valence-electron chi connectivity index (χ4n) is 2.21. The van der Waals surface area contributed by atoms with Gasteiger partial charge in [-0.3, -0.25) is 0 Å². The number of methoxy groups -OCH3 is 1. The Bertz CT molecular complexity index is 819. The average molecular weight is 292 g/mol. The van der Waals surface area contributed by atoms with E-state index in [2.05, 4.69) is 26.2 Å². The summed E-state index contributed by atoms with van der Waals surface area (Å²) in [6.07, 6.45) is 7.33. The monoisotopic (exact) mass is 292 g/mol. The molecule has 0 spiro atoms. The summed E-state index contributed by atoms with van der Waals surface area (Å²) in [5.74, 6) is 4.04. The molecule has 0 fully saturated rings. The Kier molecular flexibility index (Phi) is 4.03. The Labute approximate surface area is 128 Å². The molecule has 5 heteroatoms. The number of hydrogen-bond donors (Lipinski definition) is 2. The van der Waals surface area contributed by atoms with Gasteiger partial charge in [0.2, 0.25) is 0 Å². The van der Waals surface area contributed by atoms with Gasteiger partial charge >= 0.3 is 0 Å². The van der Waals surface area contributed by atoms with Crippen molar-refractivity contribution in [3.8, 4) is 23.9 Å². The summed E-state index contributed by atoms with van der Waals surface area (Å²) in [6.45, 7) is 1.26. The van der Waals surface area contributed by atoms with E-state index in [1.165, 1.54) is 0 Å². The molecule has 0 unspecified atom stereocenters. The SMILES string of the molecule is C#Cc1ccc2nc(-c3ccc[nH]3)nc(NCCOC)c2c1. The summed E-state index contributed by atoms with van der Waals surface area (Å²) in [6, 6.07) is 9.58. The lowest BCUT2D eigenvalue weighted by Gasteiger charge is -2.10. The van der Waals surface area contributed by atoms with Crippen molar-refractivity contribution in [2.45, 2.75) is 0 Å². The topological polar surface area (TPSA) is 62.8 Å². The molecule has 2 heterocycles. The van der Waals surface area contributed by atoms with Gasteiger partial charge in [-0.25, -0.2) is 9.97 Å². The van der Waals surface area contributed by atoms with Crippen molar-refractivity contribution in [1.29, 1.82) is 0 Å². The Morgan fingerprint density at radius 1 is 1.32 bits per heavy atom. The maximum absolute atomic E-state index is 5.48. The number of hydrogen-bond acceptors (Lipinski definition) is 4. The highest BCUT2D eigenvalue weighted by Crippen LogP contribution is 2.25. The van der Waals surface area contributed by atoms with Gasteiger partial charge in [0, 0.05) is 30.8 Å². The summed E-state index contributed by atoms with van der Waals surface area (Å²) in [5, 5.41) is 4.19. The van der Waals surface area contributed by atoms with Crippen molar-refractivity contribution in [3.63, 3.8) is 0 Å². The summed E-state index contributed by atoms with van der Waals surface area (Å²) in [7, 11) is 1.67. The maximum atomic E-state index is 5.48. The molecule has 3 aromatic rings. The molecule has 3 rings (SSSR count). The number of benzene rings is 1. The smallest absolute Gasteiger partial charge is 0.178 e. The van der Waals surface area contributed by atoms with Gasteiger partial charge in [0.25, 0.3) is 0 Å². The minimum Gasteiger partial charge on any atom is -0.383 e. The Balaban J connectivity index is 2.11. The molecule has 0 saturated heterocycles. The second-order valence-electron chi connectivity index (χ2n) is 4.78. The molecule has 0 saturated carbocycles. The van der Waals surface area contributed by atoms with Crippen molar-refractivity contribution in [1.82, 2.24) is 15.0 Å². The lowest BCUT2D eigenvalue weighted by molar-refractivity contribution is 0.210. The summed E-state index contributed by atoms with van der Waals surface area (Å²) >= 11 is 0. The van der Waals surface area contributed by atoms with Crippen molar-refractivity contribution < 1.29 is 4.74 Å². The summed E-state index contributed by atoms with van der Waals surface area (Å²) < 4.78 is 5.08. The molecule has 0 bridgehead atoms. The fourth-order valence-corrected chi connectivity index (χ4v) is 2.21. The van der Waals surface area contributed by atoms with Gasteiger partial charge in [-0.1, -0.05) is 5.92 Å². The standard InChI is InChI=1S/C17H16N4O/c1-3-12-6-7-14-13(11-12)16(19-9-10-22-2)21-17(20-14)15-5-4-8-18-15/h1,4-8,11,18H,9-10H2,2H3,(H,19,20,21). The fraction of sp³-hybridized carbons (Fsp3) is 0.176. The molecule has 2 N–H and O–H groups in total. The Morgan fingerprint density at radius 3 is 2.95 bits per heavy atom.